The van der Waals surface area contributed by atoms with Crippen LogP contribution in [0.15, 0.2) is 48.0 Å². The molecule has 3 rings (SSSR count). The summed E-state index contributed by atoms with van der Waals surface area (Å²) in [6.45, 7) is 2.03. The van der Waals surface area contributed by atoms with Gasteiger partial charge in [0.15, 0.2) is 0 Å². The van der Waals surface area contributed by atoms with E-state index in [0.717, 1.165) is 5.69 Å². The molecule has 19 heavy (non-hydrogen) atoms. The first kappa shape index (κ1) is 12.3. The van der Waals surface area contributed by atoms with Gasteiger partial charge in [0, 0.05) is 16.6 Å². The van der Waals surface area contributed by atoms with Crippen molar-refractivity contribution in [3.05, 3.63) is 64.8 Å². The first-order valence-corrected chi connectivity index (χ1v) is 7.23. The van der Waals surface area contributed by atoms with Crippen LogP contribution in [0.25, 0.3) is 10.1 Å². The zero-order valence-electron chi connectivity index (χ0n) is 11.1. The molecule has 2 heterocycles. The number of nitrogens with one attached hydrogen (secondary N) is 1. The molecule has 2 nitrogen and oxygen atoms in total. The summed E-state index contributed by atoms with van der Waals surface area (Å²) in [5.74, 6) is 0. The number of hydrogen-bond donors (Lipinski definition) is 1. The molecule has 1 aromatic carbocycles. The van der Waals surface area contributed by atoms with Gasteiger partial charge < -0.3 is 5.32 Å². The van der Waals surface area contributed by atoms with Crippen LogP contribution >= 0.6 is 11.3 Å². The Balaban J connectivity index is 2.14. The number of pyridine rings is 1. The lowest BCUT2D eigenvalue weighted by Crippen LogP contribution is -2.17. The van der Waals surface area contributed by atoms with Gasteiger partial charge in [0.25, 0.3) is 0 Å². The summed E-state index contributed by atoms with van der Waals surface area (Å²) < 4.78 is 1.36. The standard InChI is InChI=1S/C16H16N2S/c1-11-10-13(6-8-18-11)15(17-2)14-5-3-4-12-7-9-19-16(12)14/h3-10,15,17H,1-2H3. The van der Waals surface area contributed by atoms with Gasteiger partial charge in [-0.25, -0.2) is 0 Å². The van der Waals surface area contributed by atoms with Crippen LogP contribution in [-0.4, -0.2) is 12.0 Å². The third-order valence-corrected chi connectivity index (χ3v) is 4.34. The van der Waals surface area contributed by atoms with E-state index in [1.807, 2.05) is 20.2 Å². The summed E-state index contributed by atoms with van der Waals surface area (Å²) in [4.78, 5) is 4.28. The van der Waals surface area contributed by atoms with Gasteiger partial charge in [-0.2, -0.15) is 0 Å². The van der Waals surface area contributed by atoms with Crippen molar-refractivity contribution in [1.29, 1.82) is 0 Å². The molecule has 0 saturated heterocycles. The molecule has 0 radical (unpaired) electrons. The minimum Gasteiger partial charge on any atom is -0.309 e. The molecule has 1 N–H and O–H groups in total. The molecule has 96 valence electrons. The molecule has 3 aromatic rings. The van der Waals surface area contributed by atoms with Crippen LogP contribution in [-0.2, 0) is 0 Å². The first-order valence-electron chi connectivity index (χ1n) is 6.35. The minimum absolute atomic E-state index is 0.212. The molecule has 1 atom stereocenters. The second-order valence-corrected chi connectivity index (χ2v) is 5.55. The van der Waals surface area contributed by atoms with Crippen LogP contribution in [0.5, 0.6) is 0 Å². The van der Waals surface area contributed by atoms with Gasteiger partial charge >= 0.3 is 0 Å². The molecular weight excluding hydrogens is 252 g/mol. The summed E-state index contributed by atoms with van der Waals surface area (Å²) >= 11 is 1.80. The number of fused-ring (bicyclic) bond motifs is 1. The predicted molar refractivity (Wildman–Crippen MR) is 81.7 cm³/mol. The quantitative estimate of drug-likeness (QED) is 0.779. The van der Waals surface area contributed by atoms with Crippen molar-refractivity contribution in [2.24, 2.45) is 0 Å². The highest BCUT2D eigenvalue weighted by atomic mass is 32.1. The summed E-state index contributed by atoms with van der Waals surface area (Å²) in [7, 11) is 2.01. The number of aryl methyl sites for hydroxylation is 1. The van der Waals surface area contributed by atoms with Crippen LogP contribution < -0.4 is 5.32 Å². The normalized spacial score (nSPS) is 12.7. The summed E-state index contributed by atoms with van der Waals surface area (Å²) in [6.07, 6.45) is 1.88. The van der Waals surface area contributed by atoms with Crippen LogP contribution in [0, 0.1) is 6.92 Å². The molecule has 1 unspecified atom stereocenters. The molecule has 0 aliphatic heterocycles. The van der Waals surface area contributed by atoms with Gasteiger partial charge in [-0.1, -0.05) is 18.2 Å². The van der Waals surface area contributed by atoms with E-state index < -0.39 is 0 Å². The molecule has 2 aromatic heterocycles. The molecule has 0 amide bonds. The fraction of sp³-hybridized carbons (Fsp3) is 0.188. The third-order valence-electron chi connectivity index (χ3n) is 3.36. The Morgan fingerprint density at radius 2 is 2.11 bits per heavy atom. The Kier molecular flexibility index (Phi) is 3.32. The number of aromatic nitrogens is 1. The Hall–Kier alpha value is -1.71. The highest BCUT2D eigenvalue weighted by molar-refractivity contribution is 7.17. The molecule has 3 heteroatoms. The van der Waals surface area contributed by atoms with Crippen molar-refractivity contribution in [2.75, 3.05) is 7.05 Å². The second-order valence-electron chi connectivity index (χ2n) is 4.64. The number of thiophene rings is 1. The molecule has 0 spiro atoms. The highest BCUT2D eigenvalue weighted by Gasteiger charge is 2.15. The predicted octanol–water partition coefficient (Wildman–Crippen LogP) is 3.91. The van der Waals surface area contributed by atoms with Crippen LogP contribution in [0.4, 0.5) is 0 Å². The van der Waals surface area contributed by atoms with Gasteiger partial charge in [0.1, 0.15) is 0 Å². The maximum Gasteiger partial charge on any atom is 0.0589 e. The van der Waals surface area contributed by atoms with Crippen LogP contribution in [0.1, 0.15) is 22.9 Å². The Bertz CT molecular complexity index is 703. The average molecular weight is 268 g/mol. The van der Waals surface area contributed by atoms with E-state index in [2.05, 4.69) is 52.1 Å². The fourth-order valence-corrected chi connectivity index (χ4v) is 3.44. The van der Waals surface area contributed by atoms with Gasteiger partial charge in [0.2, 0.25) is 0 Å². The summed E-state index contributed by atoms with van der Waals surface area (Å²) in [5.41, 5.74) is 3.65. The van der Waals surface area contributed by atoms with E-state index in [1.54, 1.807) is 11.3 Å². The average Bonchev–Trinajstić information content (AvgIpc) is 2.89. The zero-order chi connectivity index (χ0) is 13.2. The van der Waals surface area contributed by atoms with Gasteiger partial charge in [0.05, 0.1) is 6.04 Å². The number of hydrogen-bond acceptors (Lipinski definition) is 3. The van der Waals surface area contributed by atoms with Crippen LogP contribution in [0.2, 0.25) is 0 Å². The van der Waals surface area contributed by atoms with Crippen molar-refractivity contribution in [1.82, 2.24) is 10.3 Å². The lowest BCUT2D eigenvalue weighted by molar-refractivity contribution is 0.695. The molecule has 0 aliphatic carbocycles. The van der Waals surface area contributed by atoms with E-state index in [1.165, 1.54) is 21.2 Å². The summed E-state index contributed by atoms with van der Waals surface area (Å²) in [5, 5.41) is 6.89. The third kappa shape index (κ3) is 2.27. The van der Waals surface area contributed by atoms with E-state index in [9.17, 15) is 0 Å². The molecule has 0 saturated carbocycles. The smallest absolute Gasteiger partial charge is 0.0589 e. The van der Waals surface area contributed by atoms with Gasteiger partial charge in [-0.3, -0.25) is 4.98 Å². The van der Waals surface area contributed by atoms with Crippen molar-refractivity contribution >= 4 is 21.4 Å². The van der Waals surface area contributed by atoms with Crippen molar-refractivity contribution in [3.8, 4) is 0 Å². The van der Waals surface area contributed by atoms with Crippen LogP contribution in [0.3, 0.4) is 0 Å². The van der Waals surface area contributed by atoms with E-state index in [-0.39, 0.29) is 6.04 Å². The summed E-state index contributed by atoms with van der Waals surface area (Å²) in [6, 6.07) is 13.1. The molecule has 0 fully saturated rings. The highest BCUT2D eigenvalue weighted by Crippen LogP contribution is 2.32. The first-order chi connectivity index (χ1) is 9.29. The monoisotopic (exact) mass is 268 g/mol. The SMILES string of the molecule is CNC(c1ccnc(C)c1)c1cccc2ccsc12. The number of benzene rings is 1. The lowest BCUT2D eigenvalue weighted by Gasteiger charge is -2.18. The topological polar surface area (TPSA) is 24.9 Å². The maximum absolute atomic E-state index is 4.28. The number of nitrogens with zero attached hydrogens (tertiary/aromatic N) is 1. The molecule has 0 bridgehead atoms. The van der Waals surface area contributed by atoms with E-state index in [0.29, 0.717) is 0 Å². The van der Waals surface area contributed by atoms with Gasteiger partial charge in [-0.05, 0) is 54.1 Å². The van der Waals surface area contributed by atoms with E-state index in [4.69, 9.17) is 0 Å². The maximum atomic E-state index is 4.28. The van der Waals surface area contributed by atoms with Gasteiger partial charge in [-0.15, -0.1) is 11.3 Å². The Morgan fingerprint density at radius 1 is 1.21 bits per heavy atom. The molecular formula is C16H16N2S. The molecule has 0 aliphatic rings. The minimum atomic E-state index is 0.212. The van der Waals surface area contributed by atoms with Crippen molar-refractivity contribution in [3.63, 3.8) is 0 Å². The van der Waals surface area contributed by atoms with Crippen molar-refractivity contribution < 1.29 is 0 Å². The number of rotatable bonds is 3. The lowest BCUT2D eigenvalue weighted by atomic mass is 9.98. The Morgan fingerprint density at radius 3 is 2.89 bits per heavy atom. The van der Waals surface area contributed by atoms with Crippen molar-refractivity contribution in [2.45, 2.75) is 13.0 Å². The van der Waals surface area contributed by atoms with E-state index >= 15 is 0 Å². The Labute approximate surface area is 117 Å². The fourth-order valence-electron chi connectivity index (χ4n) is 2.49. The largest absolute Gasteiger partial charge is 0.309 e. The second kappa shape index (κ2) is 5.11. The zero-order valence-corrected chi connectivity index (χ0v) is 11.9.